The summed E-state index contributed by atoms with van der Waals surface area (Å²) < 4.78 is 5.53. The van der Waals surface area contributed by atoms with E-state index in [9.17, 15) is 4.79 Å². The first-order valence-electron chi connectivity index (χ1n) is 6.11. The third-order valence-electron chi connectivity index (χ3n) is 3.06. The monoisotopic (exact) mass is 289 g/mol. The molecule has 0 saturated heterocycles. The predicted molar refractivity (Wildman–Crippen MR) is 77.3 cm³/mol. The number of fused-ring (bicyclic) bond motifs is 1. The summed E-state index contributed by atoms with van der Waals surface area (Å²) in [6.07, 6.45) is 1.42. The van der Waals surface area contributed by atoms with Crippen LogP contribution in [0.2, 0.25) is 5.15 Å². The van der Waals surface area contributed by atoms with Crippen LogP contribution >= 0.6 is 11.6 Å². The summed E-state index contributed by atoms with van der Waals surface area (Å²) in [5, 5.41) is 0.146. The van der Waals surface area contributed by atoms with E-state index in [-0.39, 0.29) is 11.1 Å². The number of amides is 1. The van der Waals surface area contributed by atoms with E-state index in [0.29, 0.717) is 30.2 Å². The van der Waals surface area contributed by atoms with Crippen LogP contribution in [-0.2, 0) is 0 Å². The molecule has 0 bridgehead atoms. The zero-order valence-electron chi connectivity index (χ0n) is 10.5. The summed E-state index contributed by atoms with van der Waals surface area (Å²) in [6.45, 7) is 0.900. The molecule has 2 heterocycles. The summed E-state index contributed by atoms with van der Waals surface area (Å²) in [5.41, 5.74) is 7.09. The topological polar surface area (TPSA) is 68.5 Å². The Labute approximate surface area is 120 Å². The van der Waals surface area contributed by atoms with Crippen molar-refractivity contribution < 1.29 is 9.53 Å². The maximum absolute atomic E-state index is 12.6. The van der Waals surface area contributed by atoms with Crippen molar-refractivity contribution in [3.8, 4) is 5.75 Å². The smallest absolute Gasteiger partial charge is 0.261 e. The fourth-order valence-electron chi connectivity index (χ4n) is 2.14. The molecule has 0 radical (unpaired) electrons. The van der Waals surface area contributed by atoms with Gasteiger partial charge in [-0.1, -0.05) is 23.7 Å². The van der Waals surface area contributed by atoms with E-state index < -0.39 is 0 Å². The van der Waals surface area contributed by atoms with Crippen molar-refractivity contribution in [2.75, 3.05) is 23.8 Å². The summed E-state index contributed by atoms with van der Waals surface area (Å²) in [4.78, 5) is 18.2. The SMILES string of the molecule is Nc1cnc(Cl)c(C(=O)N2CCOc3ccccc32)c1. The van der Waals surface area contributed by atoms with Crippen LogP contribution in [0.5, 0.6) is 5.75 Å². The van der Waals surface area contributed by atoms with E-state index >= 15 is 0 Å². The Morgan fingerprint density at radius 3 is 3.05 bits per heavy atom. The van der Waals surface area contributed by atoms with E-state index in [1.165, 1.54) is 12.3 Å². The zero-order valence-corrected chi connectivity index (χ0v) is 11.3. The minimum absolute atomic E-state index is 0.146. The van der Waals surface area contributed by atoms with Crippen LogP contribution in [0, 0.1) is 0 Å². The van der Waals surface area contributed by atoms with E-state index in [2.05, 4.69) is 4.98 Å². The Kier molecular flexibility index (Phi) is 3.20. The molecule has 3 rings (SSSR count). The number of rotatable bonds is 1. The predicted octanol–water partition coefficient (Wildman–Crippen LogP) is 2.36. The van der Waals surface area contributed by atoms with Gasteiger partial charge in [0.1, 0.15) is 17.5 Å². The number of carbonyl (C=O) groups excluding carboxylic acids is 1. The number of nitrogens with two attached hydrogens (primary N) is 1. The molecule has 2 aromatic rings. The number of halogens is 1. The highest BCUT2D eigenvalue weighted by atomic mass is 35.5. The highest BCUT2D eigenvalue weighted by Crippen LogP contribution is 2.32. The molecule has 0 saturated carbocycles. The number of benzene rings is 1. The summed E-state index contributed by atoms with van der Waals surface area (Å²) in [5.74, 6) is 0.450. The van der Waals surface area contributed by atoms with Crippen LogP contribution in [0.3, 0.4) is 0 Å². The first-order chi connectivity index (χ1) is 9.66. The Bertz CT molecular complexity index is 675. The van der Waals surface area contributed by atoms with Crippen LogP contribution in [0.4, 0.5) is 11.4 Å². The molecule has 1 aliphatic heterocycles. The Morgan fingerprint density at radius 2 is 2.20 bits per heavy atom. The van der Waals surface area contributed by atoms with Crippen LogP contribution in [0.1, 0.15) is 10.4 Å². The number of carbonyl (C=O) groups is 1. The van der Waals surface area contributed by atoms with Gasteiger partial charge in [-0.05, 0) is 18.2 Å². The molecule has 6 heteroatoms. The number of pyridine rings is 1. The number of ether oxygens (including phenoxy) is 1. The lowest BCUT2D eigenvalue weighted by molar-refractivity contribution is 0.0976. The molecule has 1 aliphatic rings. The average molecular weight is 290 g/mol. The van der Waals surface area contributed by atoms with Crippen LogP contribution in [-0.4, -0.2) is 24.0 Å². The number of nitrogens with zero attached hydrogens (tertiary/aromatic N) is 2. The van der Waals surface area contributed by atoms with Crippen molar-refractivity contribution in [2.24, 2.45) is 0 Å². The number of aromatic nitrogens is 1. The molecule has 0 aliphatic carbocycles. The molecule has 0 fully saturated rings. The Morgan fingerprint density at radius 1 is 1.40 bits per heavy atom. The maximum Gasteiger partial charge on any atom is 0.261 e. The molecule has 102 valence electrons. The van der Waals surface area contributed by atoms with Gasteiger partial charge < -0.3 is 15.4 Å². The maximum atomic E-state index is 12.6. The summed E-state index contributed by atoms with van der Waals surface area (Å²) in [6, 6.07) is 8.92. The molecular weight excluding hydrogens is 278 g/mol. The first kappa shape index (κ1) is 12.7. The molecule has 1 aromatic carbocycles. The van der Waals surface area contributed by atoms with E-state index in [4.69, 9.17) is 22.1 Å². The minimum Gasteiger partial charge on any atom is -0.490 e. The van der Waals surface area contributed by atoms with Gasteiger partial charge in [-0.2, -0.15) is 0 Å². The standard InChI is InChI=1S/C14H12ClN3O2/c15-13-10(7-9(16)8-17-13)14(19)18-5-6-20-12-4-2-1-3-11(12)18/h1-4,7-8H,5-6,16H2. The van der Waals surface area contributed by atoms with Crippen molar-refractivity contribution in [3.05, 3.63) is 47.2 Å². The molecule has 5 nitrogen and oxygen atoms in total. The van der Waals surface area contributed by atoms with Gasteiger partial charge in [0.2, 0.25) is 0 Å². The number of nitrogen functional groups attached to an aromatic ring is 1. The third-order valence-corrected chi connectivity index (χ3v) is 3.37. The Balaban J connectivity index is 2.02. The van der Waals surface area contributed by atoms with Gasteiger partial charge in [-0.3, -0.25) is 4.79 Å². The summed E-state index contributed by atoms with van der Waals surface area (Å²) in [7, 11) is 0. The normalized spacial score (nSPS) is 13.6. The second kappa shape index (κ2) is 5.02. The third kappa shape index (κ3) is 2.16. The lowest BCUT2D eigenvalue weighted by Gasteiger charge is -2.29. The van der Waals surface area contributed by atoms with Gasteiger partial charge >= 0.3 is 0 Å². The van der Waals surface area contributed by atoms with Gasteiger partial charge in [0.05, 0.1) is 29.7 Å². The molecule has 0 unspecified atom stereocenters. The van der Waals surface area contributed by atoms with E-state index in [1.54, 1.807) is 4.90 Å². The van der Waals surface area contributed by atoms with Crippen molar-refractivity contribution in [1.82, 2.24) is 4.98 Å². The Hall–Kier alpha value is -2.27. The zero-order chi connectivity index (χ0) is 14.1. The highest BCUT2D eigenvalue weighted by molar-refractivity contribution is 6.33. The highest BCUT2D eigenvalue weighted by Gasteiger charge is 2.26. The average Bonchev–Trinajstić information content (AvgIpc) is 2.48. The van der Waals surface area contributed by atoms with Crippen molar-refractivity contribution in [3.63, 3.8) is 0 Å². The second-order valence-corrected chi connectivity index (χ2v) is 4.74. The lowest BCUT2D eigenvalue weighted by Crippen LogP contribution is -2.38. The molecule has 2 N–H and O–H groups in total. The molecule has 1 amide bonds. The van der Waals surface area contributed by atoms with Crippen LogP contribution in [0.25, 0.3) is 0 Å². The molecule has 0 atom stereocenters. The fraction of sp³-hybridized carbons (Fsp3) is 0.143. The van der Waals surface area contributed by atoms with Gasteiger partial charge in [0.15, 0.2) is 0 Å². The van der Waals surface area contributed by atoms with Crippen molar-refractivity contribution >= 4 is 28.9 Å². The number of hydrogen-bond acceptors (Lipinski definition) is 4. The van der Waals surface area contributed by atoms with Crippen molar-refractivity contribution in [2.45, 2.75) is 0 Å². The van der Waals surface area contributed by atoms with Crippen molar-refractivity contribution in [1.29, 1.82) is 0 Å². The number of para-hydroxylation sites is 2. The van der Waals surface area contributed by atoms with Crippen LogP contribution < -0.4 is 15.4 Å². The number of hydrogen-bond donors (Lipinski definition) is 1. The number of anilines is 2. The van der Waals surface area contributed by atoms with Gasteiger partial charge in [-0.25, -0.2) is 4.98 Å². The fourth-order valence-corrected chi connectivity index (χ4v) is 2.32. The lowest BCUT2D eigenvalue weighted by atomic mass is 10.2. The largest absolute Gasteiger partial charge is 0.490 e. The molecular formula is C14H12ClN3O2. The van der Waals surface area contributed by atoms with E-state index in [0.717, 1.165) is 5.69 Å². The molecule has 1 aromatic heterocycles. The quantitative estimate of drug-likeness (QED) is 0.818. The van der Waals surface area contributed by atoms with Gasteiger partial charge in [0, 0.05) is 0 Å². The summed E-state index contributed by atoms with van der Waals surface area (Å²) >= 11 is 5.99. The molecule has 20 heavy (non-hydrogen) atoms. The molecule has 0 spiro atoms. The van der Waals surface area contributed by atoms with Gasteiger partial charge in [0.25, 0.3) is 5.91 Å². The second-order valence-electron chi connectivity index (χ2n) is 4.38. The minimum atomic E-state index is -0.231. The van der Waals surface area contributed by atoms with E-state index in [1.807, 2.05) is 24.3 Å². The first-order valence-corrected chi connectivity index (χ1v) is 6.49. The van der Waals surface area contributed by atoms with Crippen LogP contribution in [0.15, 0.2) is 36.5 Å². The van der Waals surface area contributed by atoms with Gasteiger partial charge in [-0.15, -0.1) is 0 Å².